The van der Waals surface area contributed by atoms with Crippen molar-refractivity contribution in [1.82, 2.24) is 5.32 Å². The van der Waals surface area contributed by atoms with Gasteiger partial charge in [0.25, 0.3) is 0 Å². The van der Waals surface area contributed by atoms with Gasteiger partial charge in [-0.1, -0.05) is 12.1 Å². The van der Waals surface area contributed by atoms with Gasteiger partial charge < -0.3 is 10.2 Å². The molecule has 1 aromatic rings. The second-order valence-corrected chi connectivity index (χ2v) is 6.14. The third-order valence-electron chi connectivity index (χ3n) is 4.42. The van der Waals surface area contributed by atoms with Crippen molar-refractivity contribution in [3.8, 4) is 0 Å². The van der Waals surface area contributed by atoms with Crippen LogP contribution >= 0.6 is 0 Å². The molecule has 1 unspecified atom stereocenters. The van der Waals surface area contributed by atoms with Crippen molar-refractivity contribution in [1.29, 1.82) is 0 Å². The van der Waals surface area contributed by atoms with E-state index in [1.54, 1.807) is 0 Å². The van der Waals surface area contributed by atoms with Crippen LogP contribution in [0.3, 0.4) is 0 Å². The fourth-order valence-electron chi connectivity index (χ4n) is 2.89. The van der Waals surface area contributed by atoms with E-state index in [-0.39, 0.29) is 17.9 Å². The smallest absolute Gasteiger partial charge is 0.223 e. The maximum absolute atomic E-state index is 11.8. The lowest BCUT2D eigenvalue weighted by Gasteiger charge is -2.29. The minimum Gasteiger partial charge on any atom is -0.372 e. The summed E-state index contributed by atoms with van der Waals surface area (Å²) >= 11 is 0. The molecule has 1 amide bonds. The molecule has 0 radical (unpaired) electrons. The molecule has 0 aromatic heterocycles. The Morgan fingerprint density at radius 1 is 1.15 bits per heavy atom. The molecule has 20 heavy (non-hydrogen) atoms. The summed E-state index contributed by atoms with van der Waals surface area (Å²) in [5, 5.41) is 3.10. The first kappa shape index (κ1) is 13.5. The van der Waals surface area contributed by atoms with E-state index in [1.807, 2.05) is 0 Å². The number of piperidine rings is 1. The predicted octanol–water partition coefficient (Wildman–Crippen LogP) is 3.26. The molecule has 1 aromatic carbocycles. The van der Waals surface area contributed by atoms with Crippen LogP contribution in [0.25, 0.3) is 0 Å². The van der Waals surface area contributed by atoms with Crippen molar-refractivity contribution in [3.05, 3.63) is 29.8 Å². The third kappa shape index (κ3) is 3.14. The third-order valence-corrected chi connectivity index (χ3v) is 4.42. The number of rotatable bonds is 4. The molecule has 1 aliphatic carbocycles. The topological polar surface area (TPSA) is 32.3 Å². The molecule has 1 heterocycles. The minimum absolute atomic E-state index is 0.110. The molecular weight excluding hydrogens is 248 g/mol. The maximum atomic E-state index is 11.8. The van der Waals surface area contributed by atoms with E-state index in [0.717, 1.165) is 12.8 Å². The second kappa shape index (κ2) is 5.86. The maximum Gasteiger partial charge on any atom is 0.223 e. The van der Waals surface area contributed by atoms with Gasteiger partial charge in [-0.05, 0) is 56.7 Å². The molecule has 1 saturated heterocycles. The SMILES string of the molecule is CC(NC(=O)C1CC1)c1ccc(N2CCCCC2)cc1. The Morgan fingerprint density at radius 3 is 2.40 bits per heavy atom. The lowest BCUT2D eigenvalue weighted by Crippen LogP contribution is -2.29. The lowest BCUT2D eigenvalue weighted by molar-refractivity contribution is -0.122. The largest absolute Gasteiger partial charge is 0.372 e. The van der Waals surface area contributed by atoms with E-state index in [2.05, 4.69) is 41.4 Å². The standard InChI is InChI=1S/C17H24N2O/c1-13(18-17(20)15-5-6-15)14-7-9-16(10-8-14)19-11-3-2-4-12-19/h7-10,13,15H,2-6,11-12H2,1H3,(H,18,20). The van der Waals surface area contributed by atoms with Gasteiger partial charge in [-0.3, -0.25) is 4.79 Å². The van der Waals surface area contributed by atoms with Crippen LogP contribution in [0.4, 0.5) is 5.69 Å². The number of nitrogens with zero attached hydrogens (tertiary/aromatic N) is 1. The van der Waals surface area contributed by atoms with Crippen molar-refractivity contribution < 1.29 is 4.79 Å². The Hall–Kier alpha value is -1.51. The Bertz CT molecular complexity index is 458. The summed E-state index contributed by atoms with van der Waals surface area (Å²) in [6.45, 7) is 4.41. The van der Waals surface area contributed by atoms with Crippen LogP contribution in [0.1, 0.15) is 50.6 Å². The zero-order chi connectivity index (χ0) is 13.9. The average Bonchev–Trinajstić information content (AvgIpc) is 3.33. The van der Waals surface area contributed by atoms with Crippen molar-refractivity contribution in [2.45, 2.75) is 45.1 Å². The van der Waals surface area contributed by atoms with Gasteiger partial charge in [-0.2, -0.15) is 0 Å². The van der Waals surface area contributed by atoms with E-state index in [1.165, 1.54) is 43.6 Å². The van der Waals surface area contributed by atoms with Gasteiger partial charge in [0.15, 0.2) is 0 Å². The Balaban J connectivity index is 1.60. The number of hydrogen-bond acceptors (Lipinski definition) is 2. The molecule has 0 bridgehead atoms. The summed E-state index contributed by atoms with van der Waals surface area (Å²) in [5.74, 6) is 0.502. The van der Waals surface area contributed by atoms with Gasteiger partial charge in [0.05, 0.1) is 6.04 Å². The highest BCUT2D eigenvalue weighted by Crippen LogP contribution is 2.30. The zero-order valence-electron chi connectivity index (χ0n) is 12.3. The molecular formula is C17H24N2O. The normalized spacial score (nSPS) is 20.6. The van der Waals surface area contributed by atoms with Gasteiger partial charge >= 0.3 is 0 Å². The van der Waals surface area contributed by atoms with E-state index in [4.69, 9.17) is 0 Å². The summed E-state index contributed by atoms with van der Waals surface area (Å²) in [6, 6.07) is 8.81. The van der Waals surface area contributed by atoms with E-state index in [9.17, 15) is 4.79 Å². The fraction of sp³-hybridized carbons (Fsp3) is 0.588. The first-order valence-electron chi connectivity index (χ1n) is 7.89. The second-order valence-electron chi connectivity index (χ2n) is 6.14. The molecule has 2 fully saturated rings. The number of benzene rings is 1. The van der Waals surface area contributed by atoms with Crippen LogP contribution in [0, 0.1) is 5.92 Å². The quantitative estimate of drug-likeness (QED) is 0.912. The van der Waals surface area contributed by atoms with Crippen molar-refractivity contribution in [2.24, 2.45) is 5.92 Å². The number of nitrogens with one attached hydrogen (secondary N) is 1. The number of hydrogen-bond donors (Lipinski definition) is 1. The lowest BCUT2D eigenvalue weighted by atomic mass is 10.1. The van der Waals surface area contributed by atoms with E-state index >= 15 is 0 Å². The summed E-state index contributed by atoms with van der Waals surface area (Å²) < 4.78 is 0. The molecule has 3 heteroatoms. The number of carbonyl (C=O) groups is 1. The van der Waals surface area contributed by atoms with Crippen molar-refractivity contribution >= 4 is 11.6 Å². The number of anilines is 1. The molecule has 1 atom stereocenters. The molecule has 2 aliphatic rings. The summed E-state index contributed by atoms with van der Waals surface area (Å²) in [7, 11) is 0. The molecule has 3 rings (SSSR count). The summed E-state index contributed by atoms with van der Waals surface area (Å²) in [5.41, 5.74) is 2.51. The fourth-order valence-corrected chi connectivity index (χ4v) is 2.89. The first-order chi connectivity index (χ1) is 9.74. The number of carbonyl (C=O) groups excluding carboxylic acids is 1. The average molecular weight is 272 g/mol. The molecule has 1 aliphatic heterocycles. The van der Waals surface area contributed by atoms with Gasteiger partial charge in [0, 0.05) is 24.7 Å². The zero-order valence-corrected chi connectivity index (χ0v) is 12.3. The van der Waals surface area contributed by atoms with Crippen LogP contribution < -0.4 is 10.2 Å². The van der Waals surface area contributed by atoms with E-state index < -0.39 is 0 Å². The molecule has 3 nitrogen and oxygen atoms in total. The molecule has 108 valence electrons. The Kier molecular flexibility index (Phi) is 3.95. The highest BCUT2D eigenvalue weighted by atomic mass is 16.2. The van der Waals surface area contributed by atoms with Gasteiger partial charge in [-0.25, -0.2) is 0 Å². The van der Waals surface area contributed by atoms with Crippen molar-refractivity contribution in [2.75, 3.05) is 18.0 Å². The first-order valence-corrected chi connectivity index (χ1v) is 7.89. The van der Waals surface area contributed by atoms with Gasteiger partial charge in [0.1, 0.15) is 0 Å². The highest BCUT2D eigenvalue weighted by molar-refractivity contribution is 5.81. The Morgan fingerprint density at radius 2 is 1.80 bits per heavy atom. The van der Waals surface area contributed by atoms with Crippen LogP contribution in [-0.4, -0.2) is 19.0 Å². The molecule has 1 N–H and O–H groups in total. The minimum atomic E-state index is 0.110. The van der Waals surface area contributed by atoms with Crippen molar-refractivity contribution in [3.63, 3.8) is 0 Å². The molecule has 1 saturated carbocycles. The van der Waals surface area contributed by atoms with Crippen LogP contribution in [-0.2, 0) is 4.79 Å². The summed E-state index contributed by atoms with van der Waals surface area (Å²) in [4.78, 5) is 14.2. The van der Waals surface area contributed by atoms with Crippen LogP contribution in [0.15, 0.2) is 24.3 Å². The predicted molar refractivity (Wildman–Crippen MR) is 81.8 cm³/mol. The van der Waals surface area contributed by atoms with Gasteiger partial charge in [0.2, 0.25) is 5.91 Å². The van der Waals surface area contributed by atoms with E-state index in [0.29, 0.717) is 0 Å². The van der Waals surface area contributed by atoms with Crippen LogP contribution in [0.2, 0.25) is 0 Å². The molecule has 0 spiro atoms. The van der Waals surface area contributed by atoms with Crippen LogP contribution in [0.5, 0.6) is 0 Å². The monoisotopic (exact) mass is 272 g/mol. The Labute approximate surface area is 121 Å². The number of amides is 1. The summed E-state index contributed by atoms with van der Waals surface area (Å²) in [6.07, 6.45) is 6.09. The highest BCUT2D eigenvalue weighted by Gasteiger charge is 2.30. The van der Waals surface area contributed by atoms with Gasteiger partial charge in [-0.15, -0.1) is 0 Å².